The van der Waals surface area contributed by atoms with Gasteiger partial charge in [0.25, 0.3) is 0 Å². The van der Waals surface area contributed by atoms with Crippen molar-refractivity contribution < 1.29 is 14.3 Å². The molecule has 0 aliphatic carbocycles. The van der Waals surface area contributed by atoms with Gasteiger partial charge < -0.3 is 14.3 Å². The maximum Gasteiger partial charge on any atom is 0.189 e. The standard InChI is InChI=1S/C11H12O3/c12-5-1-2-9-3-4-11-10(6-9)7-13-8-14-11/h3-6H,1-2,7-8H2. The van der Waals surface area contributed by atoms with Crippen LogP contribution < -0.4 is 4.74 Å². The summed E-state index contributed by atoms with van der Waals surface area (Å²) in [5.74, 6) is 0.895. The molecular weight excluding hydrogens is 180 g/mol. The summed E-state index contributed by atoms with van der Waals surface area (Å²) >= 11 is 0. The topological polar surface area (TPSA) is 35.5 Å². The molecular formula is C11H12O3. The number of aldehydes is 1. The monoisotopic (exact) mass is 192 g/mol. The molecule has 0 bridgehead atoms. The van der Waals surface area contributed by atoms with Crippen LogP contribution in [-0.2, 0) is 22.6 Å². The summed E-state index contributed by atoms with van der Waals surface area (Å²) in [7, 11) is 0. The molecule has 0 spiro atoms. The average Bonchev–Trinajstić information content (AvgIpc) is 2.26. The van der Waals surface area contributed by atoms with Gasteiger partial charge in [0.2, 0.25) is 0 Å². The van der Waals surface area contributed by atoms with E-state index < -0.39 is 0 Å². The molecule has 0 unspecified atom stereocenters. The van der Waals surface area contributed by atoms with Crippen molar-refractivity contribution in [2.75, 3.05) is 6.79 Å². The maximum absolute atomic E-state index is 10.2. The van der Waals surface area contributed by atoms with Gasteiger partial charge >= 0.3 is 0 Å². The fraction of sp³-hybridized carbons (Fsp3) is 0.364. The lowest BCUT2D eigenvalue weighted by atomic mass is 10.1. The van der Waals surface area contributed by atoms with Gasteiger partial charge in [-0.15, -0.1) is 0 Å². The molecule has 0 radical (unpaired) electrons. The van der Waals surface area contributed by atoms with Crippen LogP contribution >= 0.6 is 0 Å². The van der Waals surface area contributed by atoms with Crippen LogP contribution in [0.1, 0.15) is 17.5 Å². The molecule has 1 aliphatic rings. The first-order chi connectivity index (χ1) is 6.90. The Hall–Kier alpha value is -1.35. The van der Waals surface area contributed by atoms with Gasteiger partial charge in [-0.2, -0.15) is 0 Å². The lowest BCUT2D eigenvalue weighted by Gasteiger charge is -2.18. The Labute approximate surface area is 82.6 Å². The summed E-state index contributed by atoms with van der Waals surface area (Å²) < 4.78 is 10.5. The first kappa shape index (κ1) is 9.21. The zero-order valence-electron chi connectivity index (χ0n) is 7.86. The second kappa shape index (κ2) is 4.24. The molecule has 0 aromatic heterocycles. The number of fused-ring (bicyclic) bond motifs is 1. The van der Waals surface area contributed by atoms with Gasteiger partial charge in [0.15, 0.2) is 6.79 Å². The van der Waals surface area contributed by atoms with Crippen LogP contribution in [0.5, 0.6) is 5.75 Å². The molecule has 0 atom stereocenters. The summed E-state index contributed by atoms with van der Waals surface area (Å²) in [6.07, 6.45) is 2.30. The minimum Gasteiger partial charge on any atom is -0.467 e. The zero-order chi connectivity index (χ0) is 9.80. The van der Waals surface area contributed by atoms with Crippen LogP contribution in [0.3, 0.4) is 0 Å². The normalized spacial score (nSPS) is 14.3. The van der Waals surface area contributed by atoms with E-state index in [1.165, 1.54) is 0 Å². The van der Waals surface area contributed by atoms with E-state index >= 15 is 0 Å². The number of carbonyl (C=O) groups excluding carboxylic acids is 1. The molecule has 14 heavy (non-hydrogen) atoms. The van der Waals surface area contributed by atoms with Crippen LogP contribution in [0.2, 0.25) is 0 Å². The average molecular weight is 192 g/mol. The summed E-state index contributed by atoms with van der Waals surface area (Å²) in [4.78, 5) is 10.2. The number of benzene rings is 1. The predicted molar refractivity (Wildman–Crippen MR) is 51.1 cm³/mol. The quantitative estimate of drug-likeness (QED) is 0.683. The molecule has 74 valence electrons. The van der Waals surface area contributed by atoms with E-state index in [2.05, 4.69) is 0 Å². The van der Waals surface area contributed by atoms with Crippen LogP contribution in [0, 0.1) is 0 Å². The van der Waals surface area contributed by atoms with Gasteiger partial charge in [0, 0.05) is 12.0 Å². The highest BCUT2D eigenvalue weighted by molar-refractivity contribution is 5.50. The van der Waals surface area contributed by atoms with E-state index in [4.69, 9.17) is 9.47 Å². The van der Waals surface area contributed by atoms with Crippen LogP contribution in [0.4, 0.5) is 0 Å². The molecule has 1 aromatic carbocycles. The minimum absolute atomic E-state index is 0.334. The van der Waals surface area contributed by atoms with E-state index in [1.54, 1.807) is 0 Å². The number of aryl methyl sites for hydroxylation is 1. The van der Waals surface area contributed by atoms with Crippen molar-refractivity contribution in [3.63, 3.8) is 0 Å². The van der Waals surface area contributed by atoms with Gasteiger partial charge in [0.1, 0.15) is 12.0 Å². The number of hydrogen-bond donors (Lipinski definition) is 0. The first-order valence-corrected chi connectivity index (χ1v) is 4.66. The van der Waals surface area contributed by atoms with Crippen molar-refractivity contribution in [1.29, 1.82) is 0 Å². The van der Waals surface area contributed by atoms with Crippen LogP contribution in [-0.4, -0.2) is 13.1 Å². The molecule has 0 N–H and O–H groups in total. The van der Waals surface area contributed by atoms with E-state index in [1.807, 2.05) is 18.2 Å². The van der Waals surface area contributed by atoms with Gasteiger partial charge in [-0.05, 0) is 24.1 Å². The molecule has 3 nitrogen and oxygen atoms in total. The lowest BCUT2D eigenvalue weighted by molar-refractivity contribution is -0.107. The highest BCUT2D eigenvalue weighted by Crippen LogP contribution is 2.24. The fourth-order valence-electron chi connectivity index (χ4n) is 1.52. The Balaban J connectivity index is 2.16. The summed E-state index contributed by atoms with van der Waals surface area (Å²) in [5.41, 5.74) is 2.23. The van der Waals surface area contributed by atoms with Crippen LogP contribution in [0.15, 0.2) is 18.2 Å². The Kier molecular flexibility index (Phi) is 2.79. The summed E-state index contributed by atoms with van der Waals surface area (Å²) in [5, 5.41) is 0. The highest BCUT2D eigenvalue weighted by Gasteiger charge is 2.10. The second-order valence-corrected chi connectivity index (χ2v) is 3.26. The third kappa shape index (κ3) is 1.93. The smallest absolute Gasteiger partial charge is 0.189 e. The largest absolute Gasteiger partial charge is 0.467 e. The van der Waals surface area contributed by atoms with Crippen molar-refractivity contribution in [3.8, 4) is 5.75 Å². The van der Waals surface area contributed by atoms with Crippen LogP contribution in [0.25, 0.3) is 0 Å². The number of hydrogen-bond acceptors (Lipinski definition) is 3. The molecule has 1 aliphatic heterocycles. The SMILES string of the molecule is O=CCCc1ccc2c(c1)COCO2. The van der Waals surface area contributed by atoms with Gasteiger partial charge in [-0.3, -0.25) is 0 Å². The van der Waals surface area contributed by atoms with E-state index in [-0.39, 0.29) is 0 Å². The zero-order valence-corrected chi connectivity index (χ0v) is 7.86. The molecule has 2 rings (SSSR count). The highest BCUT2D eigenvalue weighted by atomic mass is 16.7. The molecule has 1 aromatic rings. The number of ether oxygens (including phenoxy) is 2. The molecule has 0 saturated heterocycles. The third-order valence-electron chi connectivity index (χ3n) is 2.23. The Bertz CT molecular complexity index is 333. The van der Waals surface area contributed by atoms with Crippen molar-refractivity contribution in [1.82, 2.24) is 0 Å². The lowest BCUT2D eigenvalue weighted by Crippen LogP contribution is -2.11. The Morgan fingerprint density at radius 2 is 2.36 bits per heavy atom. The second-order valence-electron chi connectivity index (χ2n) is 3.26. The van der Waals surface area contributed by atoms with E-state index in [9.17, 15) is 4.79 Å². The summed E-state index contributed by atoms with van der Waals surface area (Å²) in [6, 6.07) is 5.98. The molecule has 3 heteroatoms. The van der Waals surface area contributed by atoms with Crippen molar-refractivity contribution in [3.05, 3.63) is 29.3 Å². The fourth-order valence-corrected chi connectivity index (χ4v) is 1.52. The van der Waals surface area contributed by atoms with Gasteiger partial charge in [-0.1, -0.05) is 6.07 Å². The van der Waals surface area contributed by atoms with E-state index in [0.29, 0.717) is 19.8 Å². The summed E-state index contributed by atoms with van der Waals surface area (Å²) in [6.45, 7) is 0.935. The molecule has 0 amide bonds. The predicted octanol–water partition coefficient (Wildman–Crippen LogP) is 1.68. The maximum atomic E-state index is 10.2. The Morgan fingerprint density at radius 1 is 1.43 bits per heavy atom. The first-order valence-electron chi connectivity index (χ1n) is 4.66. The molecule has 0 saturated carbocycles. The van der Waals surface area contributed by atoms with Crippen molar-refractivity contribution in [2.24, 2.45) is 0 Å². The third-order valence-corrected chi connectivity index (χ3v) is 2.23. The van der Waals surface area contributed by atoms with E-state index in [0.717, 1.165) is 29.6 Å². The minimum atomic E-state index is 0.334. The van der Waals surface area contributed by atoms with Crippen molar-refractivity contribution in [2.45, 2.75) is 19.4 Å². The molecule has 1 heterocycles. The Morgan fingerprint density at radius 3 is 3.21 bits per heavy atom. The number of carbonyl (C=O) groups is 1. The van der Waals surface area contributed by atoms with Gasteiger partial charge in [0.05, 0.1) is 6.61 Å². The van der Waals surface area contributed by atoms with Gasteiger partial charge in [-0.25, -0.2) is 0 Å². The van der Waals surface area contributed by atoms with Crippen molar-refractivity contribution >= 4 is 6.29 Å². The number of rotatable bonds is 3. The molecule has 0 fully saturated rings.